The second kappa shape index (κ2) is 5.19. The van der Waals surface area contributed by atoms with Crippen molar-refractivity contribution in [2.75, 3.05) is 6.61 Å². The van der Waals surface area contributed by atoms with E-state index in [1.54, 1.807) is 0 Å². The zero-order chi connectivity index (χ0) is 14.8. The van der Waals surface area contributed by atoms with Crippen LogP contribution < -0.4 is 4.74 Å². The Kier molecular flexibility index (Phi) is 3.59. The molecule has 1 aromatic carbocycles. The van der Waals surface area contributed by atoms with Crippen molar-refractivity contribution in [1.82, 2.24) is 15.0 Å². The van der Waals surface area contributed by atoms with Gasteiger partial charge >= 0.3 is 12.1 Å². The van der Waals surface area contributed by atoms with Gasteiger partial charge in [0, 0.05) is 0 Å². The molecule has 2 aromatic rings. The summed E-state index contributed by atoms with van der Waals surface area (Å²) in [6.07, 6.45) is -3.35. The van der Waals surface area contributed by atoms with E-state index in [1.165, 1.54) is 24.3 Å². The number of carbonyl (C=O) groups is 1. The first kappa shape index (κ1) is 13.8. The molecule has 0 saturated carbocycles. The highest BCUT2D eigenvalue weighted by Gasteiger charge is 2.28. The Morgan fingerprint density at radius 1 is 1.30 bits per heavy atom. The standard InChI is InChI=1S/C11H8F3N3O3/c12-11(13,14)6-20-8-3-1-7(2-4-8)17-9(10(18)19)5-15-16-17/h1-5H,6H2,(H,18,19). The third-order valence-electron chi connectivity index (χ3n) is 2.25. The number of halogens is 3. The van der Waals surface area contributed by atoms with E-state index in [9.17, 15) is 18.0 Å². The lowest BCUT2D eigenvalue weighted by Gasteiger charge is -2.09. The van der Waals surface area contributed by atoms with Crippen LogP contribution in [-0.2, 0) is 0 Å². The highest BCUT2D eigenvalue weighted by molar-refractivity contribution is 5.85. The van der Waals surface area contributed by atoms with Crippen molar-refractivity contribution >= 4 is 5.97 Å². The zero-order valence-electron chi connectivity index (χ0n) is 9.83. The highest BCUT2D eigenvalue weighted by Crippen LogP contribution is 2.20. The van der Waals surface area contributed by atoms with E-state index in [4.69, 9.17) is 5.11 Å². The fourth-order valence-corrected chi connectivity index (χ4v) is 1.42. The molecule has 6 nitrogen and oxygen atoms in total. The van der Waals surface area contributed by atoms with Crippen molar-refractivity contribution < 1.29 is 27.8 Å². The molecule has 106 valence electrons. The molecule has 0 unspecified atom stereocenters. The molecule has 0 spiro atoms. The summed E-state index contributed by atoms with van der Waals surface area (Å²) in [6.45, 7) is -1.39. The van der Waals surface area contributed by atoms with Gasteiger partial charge in [-0.1, -0.05) is 5.21 Å². The molecule has 0 fully saturated rings. The Bertz CT molecular complexity index is 607. The Morgan fingerprint density at radius 3 is 2.50 bits per heavy atom. The number of alkyl halides is 3. The lowest BCUT2D eigenvalue weighted by Crippen LogP contribution is -2.19. The molecule has 0 aliphatic rings. The van der Waals surface area contributed by atoms with E-state index in [0.717, 1.165) is 10.9 Å². The van der Waals surface area contributed by atoms with Crippen LogP contribution in [0, 0.1) is 0 Å². The average Bonchev–Trinajstić information content (AvgIpc) is 2.85. The summed E-state index contributed by atoms with van der Waals surface area (Å²) in [5.41, 5.74) is 0.188. The molecule has 0 radical (unpaired) electrons. The number of rotatable bonds is 4. The van der Waals surface area contributed by atoms with Crippen molar-refractivity contribution in [2.24, 2.45) is 0 Å². The number of benzene rings is 1. The first-order chi connectivity index (χ1) is 9.37. The molecule has 1 heterocycles. The molecule has 0 atom stereocenters. The molecule has 0 aliphatic carbocycles. The summed E-state index contributed by atoms with van der Waals surface area (Å²) in [4.78, 5) is 10.9. The fraction of sp³-hybridized carbons (Fsp3) is 0.182. The monoisotopic (exact) mass is 287 g/mol. The van der Waals surface area contributed by atoms with Crippen LogP contribution in [0.15, 0.2) is 30.5 Å². The first-order valence-electron chi connectivity index (χ1n) is 5.31. The number of aromatic carboxylic acids is 1. The molecule has 0 amide bonds. The quantitative estimate of drug-likeness (QED) is 0.929. The summed E-state index contributed by atoms with van der Waals surface area (Å²) < 4.78 is 41.5. The average molecular weight is 287 g/mol. The van der Waals surface area contributed by atoms with Crippen LogP contribution in [0.3, 0.4) is 0 Å². The van der Waals surface area contributed by atoms with Crippen molar-refractivity contribution in [3.63, 3.8) is 0 Å². The maximum absolute atomic E-state index is 12.0. The second-order valence-electron chi connectivity index (χ2n) is 3.73. The van der Waals surface area contributed by atoms with Crippen LogP contribution in [0.4, 0.5) is 13.2 Å². The molecule has 1 aromatic heterocycles. The topological polar surface area (TPSA) is 77.2 Å². The lowest BCUT2D eigenvalue weighted by molar-refractivity contribution is -0.153. The molecule has 0 saturated heterocycles. The van der Waals surface area contributed by atoms with Crippen LogP contribution >= 0.6 is 0 Å². The highest BCUT2D eigenvalue weighted by atomic mass is 19.4. The van der Waals surface area contributed by atoms with Gasteiger partial charge in [0.05, 0.1) is 11.9 Å². The van der Waals surface area contributed by atoms with Gasteiger partial charge in [0.1, 0.15) is 5.75 Å². The zero-order valence-corrected chi connectivity index (χ0v) is 9.83. The Hall–Kier alpha value is -2.58. The molecule has 20 heavy (non-hydrogen) atoms. The van der Waals surface area contributed by atoms with Crippen molar-refractivity contribution in [3.05, 3.63) is 36.2 Å². The molecule has 2 rings (SSSR count). The van der Waals surface area contributed by atoms with Gasteiger partial charge in [-0.15, -0.1) is 5.10 Å². The van der Waals surface area contributed by atoms with Crippen molar-refractivity contribution in [3.8, 4) is 11.4 Å². The number of carboxylic acid groups (broad SMARTS) is 1. The number of nitrogens with zero attached hydrogens (tertiary/aromatic N) is 3. The Morgan fingerprint density at radius 2 is 1.95 bits per heavy atom. The van der Waals surface area contributed by atoms with Gasteiger partial charge in [-0.3, -0.25) is 0 Å². The third kappa shape index (κ3) is 3.25. The summed E-state index contributed by atoms with van der Waals surface area (Å²) in [5.74, 6) is -1.20. The Labute approximate surface area is 110 Å². The number of aromatic nitrogens is 3. The number of hydrogen-bond acceptors (Lipinski definition) is 4. The van der Waals surface area contributed by atoms with Gasteiger partial charge in [-0.2, -0.15) is 13.2 Å². The van der Waals surface area contributed by atoms with E-state index in [0.29, 0.717) is 5.69 Å². The van der Waals surface area contributed by atoms with E-state index in [-0.39, 0.29) is 11.4 Å². The van der Waals surface area contributed by atoms with Gasteiger partial charge in [0.15, 0.2) is 12.3 Å². The minimum absolute atomic E-state index is 0.0167. The minimum atomic E-state index is -4.42. The number of hydrogen-bond donors (Lipinski definition) is 1. The molecular formula is C11H8F3N3O3. The third-order valence-corrected chi connectivity index (χ3v) is 2.25. The summed E-state index contributed by atoms with van der Waals surface area (Å²) in [5, 5.41) is 15.9. The van der Waals surface area contributed by atoms with Gasteiger partial charge in [0.2, 0.25) is 0 Å². The molecule has 0 aliphatic heterocycles. The van der Waals surface area contributed by atoms with Gasteiger partial charge in [-0.05, 0) is 24.3 Å². The van der Waals surface area contributed by atoms with E-state index < -0.39 is 18.8 Å². The maximum atomic E-state index is 12.0. The van der Waals surface area contributed by atoms with Crippen LogP contribution in [-0.4, -0.2) is 38.9 Å². The van der Waals surface area contributed by atoms with Crippen molar-refractivity contribution in [2.45, 2.75) is 6.18 Å². The molecule has 1 N–H and O–H groups in total. The van der Waals surface area contributed by atoms with E-state index in [2.05, 4.69) is 15.0 Å². The van der Waals surface area contributed by atoms with E-state index in [1.807, 2.05) is 0 Å². The largest absolute Gasteiger partial charge is 0.484 e. The molecular weight excluding hydrogens is 279 g/mol. The maximum Gasteiger partial charge on any atom is 0.422 e. The number of ether oxygens (including phenoxy) is 1. The van der Waals surface area contributed by atoms with Gasteiger partial charge in [0.25, 0.3) is 0 Å². The smallest absolute Gasteiger partial charge is 0.422 e. The minimum Gasteiger partial charge on any atom is -0.484 e. The fourth-order valence-electron chi connectivity index (χ4n) is 1.42. The normalized spacial score (nSPS) is 11.3. The van der Waals surface area contributed by atoms with Crippen molar-refractivity contribution in [1.29, 1.82) is 0 Å². The SMILES string of the molecule is O=C(O)c1cnnn1-c1ccc(OCC(F)(F)F)cc1. The van der Waals surface area contributed by atoms with Crippen LogP contribution in [0.5, 0.6) is 5.75 Å². The van der Waals surface area contributed by atoms with Crippen LogP contribution in [0.2, 0.25) is 0 Å². The first-order valence-corrected chi connectivity index (χ1v) is 5.31. The van der Waals surface area contributed by atoms with E-state index >= 15 is 0 Å². The van der Waals surface area contributed by atoms with Gasteiger partial charge < -0.3 is 9.84 Å². The molecule has 9 heteroatoms. The van der Waals surface area contributed by atoms with Crippen LogP contribution in [0.25, 0.3) is 5.69 Å². The van der Waals surface area contributed by atoms with Crippen LogP contribution in [0.1, 0.15) is 10.5 Å². The second-order valence-corrected chi connectivity index (χ2v) is 3.73. The number of carboxylic acids is 1. The lowest BCUT2D eigenvalue weighted by atomic mass is 10.3. The molecule has 0 bridgehead atoms. The predicted octanol–water partition coefficient (Wildman–Crippen LogP) is 1.91. The predicted molar refractivity (Wildman–Crippen MR) is 59.9 cm³/mol. The van der Waals surface area contributed by atoms with Gasteiger partial charge in [-0.25, -0.2) is 9.48 Å². The summed E-state index contributed by atoms with van der Waals surface area (Å²) in [6, 6.07) is 5.34. The summed E-state index contributed by atoms with van der Waals surface area (Å²) in [7, 11) is 0. The summed E-state index contributed by atoms with van der Waals surface area (Å²) >= 11 is 0. The Balaban J connectivity index is 2.16.